The van der Waals surface area contributed by atoms with Gasteiger partial charge in [-0.1, -0.05) is 12.8 Å². The summed E-state index contributed by atoms with van der Waals surface area (Å²) in [6.07, 6.45) is 4.07. The fourth-order valence-electron chi connectivity index (χ4n) is 1.72. The van der Waals surface area contributed by atoms with Crippen LogP contribution in [-0.4, -0.2) is 24.3 Å². The Balaban J connectivity index is 2.33. The molecule has 0 saturated heterocycles. The third kappa shape index (κ3) is 2.48. The molecule has 0 radical (unpaired) electrons. The molecule has 1 saturated carbocycles. The maximum absolute atomic E-state index is 10.9. The predicted octanol–water partition coefficient (Wildman–Crippen LogP) is 1.10. The summed E-state index contributed by atoms with van der Waals surface area (Å²) in [4.78, 5) is 10.9. The number of ether oxygens (including phenoxy) is 1. The summed E-state index contributed by atoms with van der Waals surface area (Å²) in [5.41, 5.74) is 0. The first kappa shape index (κ1) is 9.52. The minimum Gasteiger partial charge on any atom is -0.469 e. The van der Waals surface area contributed by atoms with Gasteiger partial charge in [0.1, 0.15) is 0 Å². The summed E-state index contributed by atoms with van der Waals surface area (Å²) in [6.45, 7) is 0. The molecular formula is C9H16O3. The van der Waals surface area contributed by atoms with Gasteiger partial charge in [-0.2, -0.15) is 0 Å². The molecule has 1 aliphatic carbocycles. The Morgan fingerprint density at radius 1 is 1.50 bits per heavy atom. The summed E-state index contributed by atoms with van der Waals surface area (Å²) in [7, 11) is 1.39. The number of methoxy groups -OCH3 is 1. The van der Waals surface area contributed by atoms with Crippen molar-refractivity contribution in [1.82, 2.24) is 0 Å². The molecule has 70 valence electrons. The van der Waals surface area contributed by atoms with Crippen molar-refractivity contribution in [2.45, 2.75) is 38.2 Å². The molecule has 0 aromatic carbocycles. The van der Waals surface area contributed by atoms with Gasteiger partial charge < -0.3 is 9.84 Å². The topological polar surface area (TPSA) is 46.5 Å². The van der Waals surface area contributed by atoms with Gasteiger partial charge >= 0.3 is 5.97 Å². The fraction of sp³-hybridized carbons (Fsp3) is 0.889. The van der Waals surface area contributed by atoms with Crippen molar-refractivity contribution < 1.29 is 14.6 Å². The molecule has 1 rings (SSSR count). The zero-order valence-electron chi connectivity index (χ0n) is 7.45. The second kappa shape index (κ2) is 4.45. The second-order valence-electron chi connectivity index (χ2n) is 3.39. The van der Waals surface area contributed by atoms with E-state index in [2.05, 4.69) is 4.74 Å². The van der Waals surface area contributed by atoms with Gasteiger partial charge in [0.15, 0.2) is 0 Å². The van der Waals surface area contributed by atoms with E-state index in [4.69, 9.17) is 0 Å². The number of aliphatic hydroxyl groups is 1. The van der Waals surface area contributed by atoms with Gasteiger partial charge in [-0.3, -0.25) is 4.79 Å². The van der Waals surface area contributed by atoms with E-state index in [1.165, 1.54) is 7.11 Å². The SMILES string of the molecule is COC(=O)C[C@H]1CCCC[C@H]1O. The van der Waals surface area contributed by atoms with Crippen LogP contribution in [0.4, 0.5) is 0 Å². The highest BCUT2D eigenvalue weighted by atomic mass is 16.5. The first-order valence-corrected chi connectivity index (χ1v) is 4.49. The lowest BCUT2D eigenvalue weighted by atomic mass is 9.84. The normalized spacial score (nSPS) is 29.8. The fourth-order valence-corrected chi connectivity index (χ4v) is 1.72. The molecule has 1 aliphatic rings. The van der Waals surface area contributed by atoms with E-state index in [0.29, 0.717) is 6.42 Å². The lowest BCUT2D eigenvalue weighted by Crippen LogP contribution is -2.26. The van der Waals surface area contributed by atoms with Crippen LogP contribution in [0.25, 0.3) is 0 Å². The number of aliphatic hydroxyl groups excluding tert-OH is 1. The average Bonchev–Trinajstić information content (AvgIpc) is 2.09. The third-order valence-corrected chi connectivity index (χ3v) is 2.53. The molecule has 2 atom stereocenters. The summed E-state index contributed by atoms with van der Waals surface area (Å²) < 4.78 is 4.55. The highest BCUT2D eigenvalue weighted by Gasteiger charge is 2.25. The van der Waals surface area contributed by atoms with E-state index in [1.54, 1.807) is 0 Å². The van der Waals surface area contributed by atoms with E-state index in [1.807, 2.05) is 0 Å². The van der Waals surface area contributed by atoms with Gasteiger partial charge in [0.25, 0.3) is 0 Å². The molecule has 0 aromatic rings. The Kier molecular flexibility index (Phi) is 3.53. The zero-order chi connectivity index (χ0) is 8.97. The summed E-state index contributed by atoms with van der Waals surface area (Å²) in [5.74, 6) is -0.0767. The van der Waals surface area contributed by atoms with Crippen molar-refractivity contribution in [2.75, 3.05) is 7.11 Å². The molecule has 12 heavy (non-hydrogen) atoms. The molecular weight excluding hydrogens is 156 g/mol. The first-order valence-electron chi connectivity index (χ1n) is 4.49. The molecule has 0 heterocycles. The molecule has 0 aromatic heterocycles. The molecule has 0 unspecified atom stereocenters. The van der Waals surface area contributed by atoms with Gasteiger partial charge in [-0.15, -0.1) is 0 Å². The van der Waals surface area contributed by atoms with Crippen LogP contribution in [-0.2, 0) is 9.53 Å². The Bertz CT molecular complexity index is 156. The second-order valence-corrected chi connectivity index (χ2v) is 3.39. The van der Waals surface area contributed by atoms with E-state index in [-0.39, 0.29) is 18.0 Å². The number of rotatable bonds is 2. The standard InChI is InChI=1S/C9H16O3/c1-12-9(11)6-7-4-2-3-5-8(7)10/h7-8,10H,2-6H2,1H3/t7-,8-/m1/s1. The first-order chi connectivity index (χ1) is 5.74. The average molecular weight is 172 g/mol. The molecule has 0 aliphatic heterocycles. The van der Waals surface area contributed by atoms with E-state index in [0.717, 1.165) is 25.7 Å². The van der Waals surface area contributed by atoms with Crippen molar-refractivity contribution >= 4 is 5.97 Å². The number of hydrogen-bond donors (Lipinski definition) is 1. The van der Waals surface area contributed by atoms with Crippen LogP contribution in [0.2, 0.25) is 0 Å². The largest absolute Gasteiger partial charge is 0.469 e. The lowest BCUT2D eigenvalue weighted by Gasteiger charge is -2.26. The number of esters is 1. The van der Waals surface area contributed by atoms with Gasteiger partial charge in [0.05, 0.1) is 19.6 Å². The Labute approximate surface area is 72.7 Å². The summed E-state index contributed by atoms with van der Waals surface area (Å²) in [5, 5.41) is 9.51. The van der Waals surface area contributed by atoms with Gasteiger partial charge in [-0.05, 0) is 18.8 Å². The van der Waals surface area contributed by atoms with Crippen LogP contribution < -0.4 is 0 Å². The Morgan fingerprint density at radius 3 is 2.75 bits per heavy atom. The van der Waals surface area contributed by atoms with E-state index < -0.39 is 0 Å². The number of hydrogen-bond acceptors (Lipinski definition) is 3. The molecule has 0 bridgehead atoms. The third-order valence-electron chi connectivity index (χ3n) is 2.53. The molecule has 1 fully saturated rings. The summed E-state index contributed by atoms with van der Waals surface area (Å²) >= 11 is 0. The van der Waals surface area contributed by atoms with Crippen molar-refractivity contribution in [3.63, 3.8) is 0 Å². The smallest absolute Gasteiger partial charge is 0.305 e. The van der Waals surface area contributed by atoms with E-state index in [9.17, 15) is 9.90 Å². The molecule has 0 amide bonds. The minimum absolute atomic E-state index is 0.131. The van der Waals surface area contributed by atoms with Crippen LogP contribution in [0, 0.1) is 5.92 Å². The lowest BCUT2D eigenvalue weighted by molar-refractivity contribution is -0.143. The van der Waals surface area contributed by atoms with Crippen LogP contribution in [0.3, 0.4) is 0 Å². The van der Waals surface area contributed by atoms with Gasteiger partial charge in [-0.25, -0.2) is 0 Å². The molecule has 3 nitrogen and oxygen atoms in total. The molecule has 0 spiro atoms. The van der Waals surface area contributed by atoms with Crippen molar-refractivity contribution in [3.8, 4) is 0 Å². The number of carbonyl (C=O) groups excluding carboxylic acids is 1. The highest BCUT2D eigenvalue weighted by Crippen LogP contribution is 2.26. The predicted molar refractivity (Wildman–Crippen MR) is 44.6 cm³/mol. The summed E-state index contributed by atoms with van der Waals surface area (Å²) in [6, 6.07) is 0. The number of carbonyl (C=O) groups is 1. The van der Waals surface area contributed by atoms with Crippen molar-refractivity contribution in [3.05, 3.63) is 0 Å². The molecule has 3 heteroatoms. The van der Waals surface area contributed by atoms with Crippen LogP contribution in [0.5, 0.6) is 0 Å². The van der Waals surface area contributed by atoms with Crippen LogP contribution in [0.1, 0.15) is 32.1 Å². The van der Waals surface area contributed by atoms with Crippen LogP contribution in [0.15, 0.2) is 0 Å². The minimum atomic E-state index is -0.294. The van der Waals surface area contributed by atoms with Gasteiger partial charge in [0, 0.05) is 0 Å². The van der Waals surface area contributed by atoms with Crippen molar-refractivity contribution in [1.29, 1.82) is 0 Å². The maximum atomic E-state index is 10.9. The van der Waals surface area contributed by atoms with E-state index >= 15 is 0 Å². The Morgan fingerprint density at radius 2 is 2.17 bits per heavy atom. The van der Waals surface area contributed by atoms with Crippen molar-refractivity contribution in [2.24, 2.45) is 5.92 Å². The zero-order valence-corrected chi connectivity index (χ0v) is 7.45. The van der Waals surface area contributed by atoms with Crippen LogP contribution >= 0.6 is 0 Å². The maximum Gasteiger partial charge on any atom is 0.305 e. The Hall–Kier alpha value is -0.570. The van der Waals surface area contributed by atoms with Gasteiger partial charge in [0.2, 0.25) is 0 Å². The molecule has 1 N–H and O–H groups in total. The highest BCUT2D eigenvalue weighted by molar-refractivity contribution is 5.69. The quantitative estimate of drug-likeness (QED) is 0.634. The monoisotopic (exact) mass is 172 g/mol.